The Morgan fingerprint density at radius 3 is 2.48 bits per heavy atom. The maximum atomic E-state index is 5.85. The van der Waals surface area contributed by atoms with E-state index in [9.17, 15) is 0 Å². The molecule has 2 aliphatic heterocycles. The molecule has 1 aromatic heterocycles. The Kier molecular flexibility index (Phi) is 5.33. The molecule has 1 N–H and O–H groups in total. The number of hydrogen-bond acceptors (Lipinski definition) is 4. The van der Waals surface area contributed by atoms with Crippen molar-refractivity contribution >= 4 is 0 Å². The third-order valence-electron chi connectivity index (χ3n) is 4.87. The average Bonchev–Trinajstić information content (AvgIpc) is 3.14. The molecule has 0 atom stereocenters. The summed E-state index contributed by atoms with van der Waals surface area (Å²) in [5, 5.41) is 3.13. The van der Waals surface area contributed by atoms with Crippen LogP contribution in [0.25, 0.3) is 0 Å². The van der Waals surface area contributed by atoms with Gasteiger partial charge in [-0.25, -0.2) is 0 Å². The highest BCUT2D eigenvalue weighted by Crippen LogP contribution is 2.22. The molecule has 0 bridgehead atoms. The van der Waals surface area contributed by atoms with Crippen molar-refractivity contribution in [2.45, 2.75) is 38.8 Å². The summed E-state index contributed by atoms with van der Waals surface area (Å²) < 4.78 is 5.85. The quantitative estimate of drug-likeness (QED) is 0.871. The third-order valence-corrected chi connectivity index (χ3v) is 4.87. The number of furan rings is 1. The maximum Gasteiger partial charge on any atom is 0.118 e. The Balaban J connectivity index is 1.40. The van der Waals surface area contributed by atoms with Crippen LogP contribution in [0.3, 0.4) is 0 Å². The van der Waals surface area contributed by atoms with Crippen molar-refractivity contribution in [3.63, 3.8) is 0 Å². The van der Waals surface area contributed by atoms with Gasteiger partial charge >= 0.3 is 0 Å². The van der Waals surface area contributed by atoms with Gasteiger partial charge in [0.1, 0.15) is 11.5 Å². The van der Waals surface area contributed by atoms with Crippen molar-refractivity contribution in [1.29, 1.82) is 0 Å². The zero-order chi connectivity index (χ0) is 14.5. The lowest BCUT2D eigenvalue weighted by Gasteiger charge is -2.33. The molecule has 3 rings (SSSR count). The maximum absolute atomic E-state index is 5.85. The fraction of sp³-hybridized carbons (Fsp3) is 0.765. The Morgan fingerprint density at radius 2 is 1.76 bits per heavy atom. The van der Waals surface area contributed by atoms with Crippen molar-refractivity contribution in [2.75, 3.05) is 39.8 Å². The second-order valence-electron chi connectivity index (χ2n) is 6.63. The van der Waals surface area contributed by atoms with Crippen LogP contribution in [-0.4, -0.2) is 49.6 Å². The predicted octanol–water partition coefficient (Wildman–Crippen LogP) is 2.31. The van der Waals surface area contributed by atoms with Gasteiger partial charge in [0.05, 0.1) is 13.1 Å². The van der Waals surface area contributed by atoms with E-state index in [1.807, 2.05) is 7.05 Å². The van der Waals surface area contributed by atoms with Crippen molar-refractivity contribution < 1.29 is 4.42 Å². The molecular weight excluding hydrogens is 262 g/mol. The number of nitrogens with zero attached hydrogens (tertiary/aromatic N) is 2. The summed E-state index contributed by atoms with van der Waals surface area (Å²) in [5.74, 6) is 3.06. The van der Waals surface area contributed by atoms with Crippen molar-refractivity contribution in [3.8, 4) is 0 Å². The SMILES string of the molecule is CNCc1ccc(CN2CCC(CN3CCCC3)CC2)o1. The van der Waals surface area contributed by atoms with E-state index in [-0.39, 0.29) is 0 Å². The molecule has 2 aliphatic rings. The summed E-state index contributed by atoms with van der Waals surface area (Å²) in [6, 6.07) is 4.22. The highest BCUT2D eigenvalue weighted by molar-refractivity contribution is 5.07. The van der Waals surface area contributed by atoms with Crippen molar-refractivity contribution in [3.05, 3.63) is 23.7 Å². The Morgan fingerprint density at radius 1 is 1.05 bits per heavy atom. The van der Waals surface area contributed by atoms with Crippen LogP contribution in [0, 0.1) is 5.92 Å². The second kappa shape index (κ2) is 7.43. The molecule has 0 spiro atoms. The lowest BCUT2D eigenvalue weighted by molar-refractivity contribution is 0.141. The molecule has 0 amide bonds. The molecule has 1 aromatic rings. The minimum absolute atomic E-state index is 0.817. The fourth-order valence-corrected chi connectivity index (χ4v) is 3.65. The normalized spacial score (nSPS) is 22.1. The van der Waals surface area contributed by atoms with Gasteiger partial charge in [-0.1, -0.05) is 0 Å². The standard InChI is InChI=1S/C17H29N3O/c1-18-12-16-4-5-17(21-16)14-20-10-6-15(7-11-20)13-19-8-2-3-9-19/h4-5,15,18H,2-3,6-14H2,1H3. The molecule has 21 heavy (non-hydrogen) atoms. The monoisotopic (exact) mass is 291 g/mol. The van der Waals surface area contributed by atoms with Crippen molar-refractivity contribution in [1.82, 2.24) is 15.1 Å². The van der Waals surface area contributed by atoms with Crippen LogP contribution in [0.4, 0.5) is 0 Å². The van der Waals surface area contributed by atoms with Gasteiger partial charge in [-0.05, 0) is 77.0 Å². The number of likely N-dealkylation sites (tertiary alicyclic amines) is 2. The van der Waals surface area contributed by atoms with E-state index < -0.39 is 0 Å². The number of hydrogen-bond donors (Lipinski definition) is 1. The molecule has 0 radical (unpaired) electrons. The zero-order valence-corrected chi connectivity index (χ0v) is 13.3. The van der Waals surface area contributed by atoms with Gasteiger partial charge in [-0.2, -0.15) is 0 Å². The van der Waals surface area contributed by atoms with Gasteiger partial charge in [-0.15, -0.1) is 0 Å². The number of rotatable bonds is 6. The van der Waals surface area contributed by atoms with Gasteiger partial charge in [0, 0.05) is 6.54 Å². The summed E-state index contributed by atoms with van der Waals surface area (Å²) in [4.78, 5) is 5.21. The first-order valence-corrected chi connectivity index (χ1v) is 8.50. The summed E-state index contributed by atoms with van der Waals surface area (Å²) in [7, 11) is 1.95. The number of piperidine rings is 1. The molecule has 4 nitrogen and oxygen atoms in total. The zero-order valence-electron chi connectivity index (χ0n) is 13.3. The van der Waals surface area contributed by atoms with Crippen molar-refractivity contribution in [2.24, 2.45) is 5.92 Å². The first-order valence-electron chi connectivity index (χ1n) is 8.50. The Bertz CT molecular complexity index is 417. The molecule has 0 saturated carbocycles. The average molecular weight is 291 g/mol. The summed E-state index contributed by atoms with van der Waals surface area (Å²) in [6.07, 6.45) is 5.51. The lowest BCUT2D eigenvalue weighted by Crippen LogP contribution is -2.37. The third kappa shape index (κ3) is 4.31. The molecule has 0 aliphatic carbocycles. The van der Waals surface area contributed by atoms with Crippen LogP contribution in [-0.2, 0) is 13.1 Å². The second-order valence-corrected chi connectivity index (χ2v) is 6.63. The molecule has 3 heterocycles. The Hall–Kier alpha value is -0.840. The van der Waals surface area contributed by atoms with E-state index >= 15 is 0 Å². The van der Waals surface area contributed by atoms with Crippen LogP contribution in [0.1, 0.15) is 37.2 Å². The van der Waals surface area contributed by atoms with E-state index in [2.05, 4.69) is 27.2 Å². The van der Waals surface area contributed by atoms with Crippen LogP contribution in [0.15, 0.2) is 16.5 Å². The lowest BCUT2D eigenvalue weighted by atomic mass is 9.96. The van der Waals surface area contributed by atoms with Gasteiger partial charge in [0.25, 0.3) is 0 Å². The number of nitrogens with one attached hydrogen (secondary N) is 1. The minimum Gasteiger partial charge on any atom is -0.463 e. The Labute approximate surface area is 128 Å². The van der Waals surface area contributed by atoms with E-state index in [1.54, 1.807) is 0 Å². The molecule has 4 heteroatoms. The van der Waals surface area contributed by atoms with E-state index in [0.717, 1.165) is 30.5 Å². The van der Waals surface area contributed by atoms with E-state index in [4.69, 9.17) is 4.42 Å². The highest BCUT2D eigenvalue weighted by atomic mass is 16.3. The summed E-state index contributed by atoms with van der Waals surface area (Å²) in [6.45, 7) is 8.24. The predicted molar refractivity (Wildman–Crippen MR) is 85.1 cm³/mol. The smallest absolute Gasteiger partial charge is 0.118 e. The van der Waals surface area contributed by atoms with Crippen LogP contribution >= 0.6 is 0 Å². The molecule has 0 unspecified atom stereocenters. The van der Waals surface area contributed by atoms with Gasteiger partial charge in [-0.3, -0.25) is 4.90 Å². The van der Waals surface area contributed by atoms with Crippen LogP contribution in [0.2, 0.25) is 0 Å². The van der Waals surface area contributed by atoms with Gasteiger partial charge in [0.2, 0.25) is 0 Å². The minimum atomic E-state index is 0.817. The first-order chi connectivity index (χ1) is 10.3. The summed E-state index contributed by atoms with van der Waals surface area (Å²) in [5.41, 5.74) is 0. The highest BCUT2D eigenvalue weighted by Gasteiger charge is 2.23. The first kappa shape index (κ1) is 15.1. The summed E-state index contributed by atoms with van der Waals surface area (Å²) >= 11 is 0. The molecule has 0 aromatic carbocycles. The molecular formula is C17H29N3O. The molecule has 2 fully saturated rings. The van der Waals surface area contributed by atoms with Gasteiger partial charge < -0.3 is 14.6 Å². The van der Waals surface area contributed by atoms with Crippen LogP contribution < -0.4 is 5.32 Å². The van der Waals surface area contributed by atoms with Gasteiger partial charge in [0.15, 0.2) is 0 Å². The molecule has 118 valence electrons. The van der Waals surface area contributed by atoms with E-state index in [0.29, 0.717) is 0 Å². The van der Waals surface area contributed by atoms with E-state index in [1.165, 1.54) is 58.4 Å². The fourth-order valence-electron chi connectivity index (χ4n) is 3.65. The largest absolute Gasteiger partial charge is 0.463 e. The topological polar surface area (TPSA) is 31.6 Å². The molecule has 2 saturated heterocycles. The van der Waals surface area contributed by atoms with Crippen LogP contribution in [0.5, 0.6) is 0 Å².